The molecule has 0 fully saturated rings. The minimum Gasteiger partial charge on any atom is -0.398 e. The molecule has 0 spiro atoms. The summed E-state index contributed by atoms with van der Waals surface area (Å²) in [4.78, 5) is 0. The Kier molecular flexibility index (Phi) is 7.39. The van der Waals surface area contributed by atoms with Gasteiger partial charge in [0.2, 0.25) is 0 Å². The molecule has 7 rings (SSSR count). The Bertz CT molecular complexity index is 2140. The van der Waals surface area contributed by atoms with Crippen LogP contribution in [-0.2, 0) is 6.42 Å². The topological polar surface area (TPSA) is 43.0 Å². The molecule has 1 heterocycles. The summed E-state index contributed by atoms with van der Waals surface area (Å²) >= 11 is 0. The van der Waals surface area contributed by atoms with Crippen LogP contribution in [0.4, 0.5) is 5.69 Å². The van der Waals surface area contributed by atoms with Gasteiger partial charge in [0, 0.05) is 46.4 Å². The normalized spacial score (nSPS) is 14.8. The number of anilines is 1. The number of nitrogens with one attached hydrogen (secondary N) is 1. The number of fused-ring (bicyclic) bond motifs is 3. The number of hydrogen-bond donors (Lipinski definition) is 2. The Morgan fingerprint density at radius 2 is 1.53 bits per heavy atom. The second-order valence-electron chi connectivity index (χ2n) is 12.1. The molecule has 1 aromatic heterocycles. The van der Waals surface area contributed by atoms with E-state index < -0.39 is 0 Å². The van der Waals surface area contributed by atoms with Crippen molar-refractivity contribution in [3.8, 4) is 16.8 Å². The predicted octanol–water partition coefficient (Wildman–Crippen LogP) is 10.3. The number of aryl methyl sites for hydroxylation is 1. The van der Waals surface area contributed by atoms with Gasteiger partial charge in [0.15, 0.2) is 0 Å². The number of aromatic nitrogens is 1. The highest BCUT2D eigenvalue weighted by molar-refractivity contribution is 6.11. The van der Waals surface area contributed by atoms with E-state index in [1.807, 2.05) is 13.1 Å². The molecule has 0 aliphatic heterocycles. The number of para-hydroxylation sites is 1. The zero-order valence-corrected chi connectivity index (χ0v) is 26.3. The van der Waals surface area contributed by atoms with E-state index in [9.17, 15) is 0 Å². The lowest BCUT2D eigenvalue weighted by Gasteiger charge is -2.24. The number of hydrogen-bond acceptors (Lipinski definition) is 2. The van der Waals surface area contributed by atoms with Crippen LogP contribution < -0.4 is 11.1 Å². The number of nitrogens with two attached hydrogens (primary N) is 1. The third-order valence-corrected chi connectivity index (χ3v) is 9.45. The van der Waals surface area contributed by atoms with Gasteiger partial charge >= 0.3 is 0 Å². The van der Waals surface area contributed by atoms with Gasteiger partial charge in [-0.05, 0) is 107 Å². The van der Waals surface area contributed by atoms with E-state index in [1.54, 1.807) is 0 Å². The summed E-state index contributed by atoms with van der Waals surface area (Å²) in [5.41, 5.74) is 21.6. The first-order valence-corrected chi connectivity index (χ1v) is 15.8. The maximum atomic E-state index is 6.32. The standard InChI is InChI=1S/C42H39N3/c1-5-29-11-9-10-14-35(29)36-23-30(16-15-27(36)2)32-18-21-41-38(25-32)39-26-33(31-17-20-40(43)37(24-31)28(3)44-4)19-22-42(39)45(41)34-12-7-6-8-13-34/h6-22,24-26,30,44H,3,5,23,43H2,1-2,4H3. The molecule has 0 amide bonds. The summed E-state index contributed by atoms with van der Waals surface area (Å²) in [6, 6.07) is 39.6. The Balaban J connectivity index is 1.38. The molecule has 3 heteroatoms. The van der Waals surface area contributed by atoms with Crippen LogP contribution in [0.3, 0.4) is 0 Å². The molecule has 0 saturated carbocycles. The molecule has 3 nitrogen and oxygen atoms in total. The largest absolute Gasteiger partial charge is 0.398 e. The zero-order valence-electron chi connectivity index (χ0n) is 26.3. The molecule has 6 aromatic rings. The van der Waals surface area contributed by atoms with Crippen molar-refractivity contribution in [1.29, 1.82) is 0 Å². The molecule has 1 atom stereocenters. The minimum absolute atomic E-state index is 0.309. The highest BCUT2D eigenvalue weighted by Gasteiger charge is 2.21. The lowest BCUT2D eigenvalue weighted by molar-refractivity contribution is 0.859. The Hall–Kier alpha value is -5.28. The Morgan fingerprint density at radius 1 is 0.844 bits per heavy atom. The molecule has 5 aromatic carbocycles. The molecule has 1 aliphatic carbocycles. The van der Waals surface area contributed by atoms with E-state index in [0.717, 1.165) is 46.6 Å². The van der Waals surface area contributed by atoms with Gasteiger partial charge in [-0.2, -0.15) is 0 Å². The molecule has 3 N–H and O–H groups in total. The van der Waals surface area contributed by atoms with Crippen molar-refractivity contribution < 1.29 is 0 Å². The maximum absolute atomic E-state index is 6.32. The molecule has 0 radical (unpaired) electrons. The molecular formula is C42H39N3. The molecule has 1 aliphatic rings. The van der Waals surface area contributed by atoms with Gasteiger partial charge in [-0.3, -0.25) is 0 Å². The van der Waals surface area contributed by atoms with Gasteiger partial charge in [-0.1, -0.05) is 86.3 Å². The predicted molar refractivity (Wildman–Crippen MR) is 194 cm³/mol. The van der Waals surface area contributed by atoms with Crippen molar-refractivity contribution in [2.24, 2.45) is 0 Å². The summed E-state index contributed by atoms with van der Waals surface area (Å²) < 4.78 is 2.39. The van der Waals surface area contributed by atoms with Gasteiger partial charge in [-0.25, -0.2) is 0 Å². The van der Waals surface area contributed by atoms with E-state index in [1.165, 1.54) is 49.6 Å². The van der Waals surface area contributed by atoms with Crippen LogP contribution in [-0.4, -0.2) is 11.6 Å². The maximum Gasteiger partial charge on any atom is 0.0541 e. The van der Waals surface area contributed by atoms with E-state index in [-0.39, 0.29) is 0 Å². The highest BCUT2D eigenvalue weighted by Crippen LogP contribution is 2.41. The van der Waals surface area contributed by atoms with Crippen molar-refractivity contribution in [1.82, 2.24) is 9.88 Å². The summed E-state index contributed by atoms with van der Waals surface area (Å²) in [7, 11) is 1.88. The molecule has 1 unspecified atom stereocenters. The van der Waals surface area contributed by atoms with E-state index in [2.05, 4.69) is 146 Å². The van der Waals surface area contributed by atoms with Crippen LogP contribution in [0.15, 0.2) is 133 Å². The van der Waals surface area contributed by atoms with Crippen molar-refractivity contribution in [2.75, 3.05) is 12.8 Å². The minimum atomic E-state index is 0.309. The Labute approximate surface area is 266 Å². The number of rotatable bonds is 7. The molecule has 0 bridgehead atoms. The van der Waals surface area contributed by atoms with Crippen LogP contribution in [0, 0.1) is 0 Å². The number of nitrogens with zero attached hydrogens (tertiary/aromatic N) is 1. The molecule has 0 saturated heterocycles. The molecule has 222 valence electrons. The van der Waals surface area contributed by atoms with Crippen LogP contribution >= 0.6 is 0 Å². The van der Waals surface area contributed by atoms with E-state index in [4.69, 9.17) is 5.73 Å². The van der Waals surface area contributed by atoms with E-state index >= 15 is 0 Å². The average Bonchev–Trinajstić information content (AvgIpc) is 3.41. The summed E-state index contributed by atoms with van der Waals surface area (Å²) in [6.07, 6.45) is 6.74. The lowest BCUT2D eigenvalue weighted by atomic mass is 9.81. The lowest BCUT2D eigenvalue weighted by Crippen LogP contribution is -2.05. The van der Waals surface area contributed by atoms with Gasteiger partial charge in [-0.15, -0.1) is 0 Å². The van der Waals surface area contributed by atoms with Crippen LogP contribution in [0.5, 0.6) is 0 Å². The number of benzene rings is 5. The molecule has 45 heavy (non-hydrogen) atoms. The van der Waals surface area contributed by atoms with Gasteiger partial charge in [0.1, 0.15) is 0 Å². The van der Waals surface area contributed by atoms with Crippen molar-refractivity contribution in [2.45, 2.75) is 32.6 Å². The zero-order chi connectivity index (χ0) is 31.1. The smallest absolute Gasteiger partial charge is 0.0541 e. The van der Waals surface area contributed by atoms with Crippen LogP contribution in [0.25, 0.3) is 49.9 Å². The van der Waals surface area contributed by atoms with E-state index in [0.29, 0.717) is 5.92 Å². The third kappa shape index (κ3) is 5.05. The fourth-order valence-electron chi connectivity index (χ4n) is 6.92. The summed E-state index contributed by atoms with van der Waals surface area (Å²) in [5.74, 6) is 0.309. The number of allylic oxidation sites excluding steroid dienone is 4. The van der Waals surface area contributed by atoms with Crippen molar-refractivity contribution >= 4 is 38.8 Å². The van der Waals surface area contributed by atoms with Crippen LogP contribution in [0.1, 0.15) is 48.4 Å². The van der Waals surface area contributed by atoms with Gasteiger partial charge in [0.05, 0.1) is 11.0 Å². The first-order valence-electron chi connectivity index (χ1n) is 15.8. The van der Waals surface area contributed by atoms with Gasteiger partial charge in [0.25, 0.3) is 0 Å². The van der Waals surface area contributed by atoms with Crippen molar-refractivity contribution in [3.63, 3.8) is 0 Å². The average molecular weight is 586 g/mol. The van der Waals surface area contributed by atoms with Gasteiger partial charge < -0.3 is 15.6 Å². The summed E-state index contributed by atoms with van der Waals surface area (Å²) in [6.45, 7) is 8.66. The fraction of sp³-hybridized carbons (Fsp3) is 0.143. The first kappa shape index (κ1) is 28.5. The Morgan fingerprint density at radius 3 is 2.31 bits per heavy atom. The fourth-order valence-corrected chi connectivity index (χ4v) is 6.92. The SMILES string of the molecule is C=C(NC)c1cc(-c2ccc3c(c2)c2cc(C4C=CC(C)=C(c5ccccc5CC)C4)ccc2n3-c2ccccc2)ccc1N. The second kappa shape index (κ2) is 11.7. The summed E-state index contributed by atoms with van der Waals surface area (Å²) in [5, 5.41) is 5.65. The highest BCUT2D eigenvalue weighted by atomic mass is 15.0. The van der Waals surface area contributed by atoms with Crippen LogP contribution in [0.2, 0.25) is 0 Å². The second-order valence-corrected chi connectivity index (χ2v) is 12.1. The number of nitrogen functional groups attached to an aromatic ring is 1. The molecular weight excluding hydrogens is 546 g/mol. The monoisotopic (exact) mass is 585 g/mol. The first-order chi connectivity index (χ1) is 22.0. The third-order valence-electron chi connectivity index (χ3n) is 9.45. The van der Waals surface area contributed by atoms with Crippen molar-refractivity contribution in [3.05, 3.63) is 156 Å². The quantitative estimate of drug-likeness (QED) is 0.183.